The van der Waals surface area contributed by atoms with Crippen molar-refractivity contribution in [3.05, 3.63) is 10.4 Å². The number of aliphatic hydroxyl groups is 2. The van der Waals surface area contributed by atoms with Crippen LogP contribution in [0.15, 0.2) is 5.11 Å². The van der Waals surface area contributed by atoms with Crippen molar-refractivity contribution in [1.82, 2.24) is 0 Å². The number of hydrogen-bond acceptors (Lipinski definition) is 3. The number of aliphatic hydroxyl groups excluding tert-OH is 2. The number of hydrogen-bond donors (Lipinski definition) is 2. The SMILES string of the molecule is C.[N-]=[N+]=NC[C@@H](O)CO. The minimum Gasteiger partial charge on any atom is -0.394 e. The Labute approximate surface area is 53.6 Å². The third-order valence-electron chi connectivity index (χ3n) is 0.566. The Morgan fingerprint density at radius 2 is 2.22 bits per heavy atom. The lowest BCUT2D eigenvalue weighted by atomic mass is 10.4. The van der Waals surface area contributed by atoms with Crippen LogP contribution in [0.25, 0.3) is 10.4 Å². The van der Waals surface area contributed by atoms with Gasteiger partial charge in [-0.25, -0.2) is 0 Å². The van der Waals surface area contributed by atoms with Gasteiger partial charge in [0.05, 0.1) is 19.3 Å². The molecule has 0 saturated heterocycles. The van der Waals surface area contributed by atoms with Gasteiger partial charge in [0.15, 0.2) is 0 Å². The Bertz CT molecular complexity index is 100.0. The first-order valence-electron chi connectivity index (χ1n) is 2.11. The fraction of sp³-hybridized carbons (Fsp3) is 1.00. The molecule has 0 radical (unpaired) electrons. The molecule has 0 aromatic carbocycles. The standard InChI is InChI=1S/C3H7N3O2.CH4/c4-6-5-1-3(8)2-7;/h3,7-8H,1-2H2;1H4/t3-;/m1./s1. The molecular weight excluding hydrogens is 122 g/mol. The van der Waals surface area contributed by atoms with Gasteiger partial charge in [0.1, 0.15) is 0 Å². The van der Waals surface area contributed by atoms with Crippen LogP contribution in [0.5, 0.6) is 0 Å². The van der Waals surface area contributed by atoms with Crippen LogP contribution in [-0.2, 0) is 0 Å². The molecule has 5 nitrogen and oxygen atoms in total. The Morgan fingerprint density at radius 1 is 1.67 bits per heavy atom. The summed E-state index contributed by atoms with van der Waals surface area (Å²) in [6.07, 6.45) is -0.911. The van der Waals surface area contributed by atoms with Crippen molar-refractivity contribution in [1.29, 1.82) is 0 Å². The molecule has 0 aromatic rings. The normalized spacial score (nSPS) is 10.9. The van der Waals surface area contributed by atoms with E-state index in [2.05, 4.69) is 10.0 Å². The molecule has 5 heteroatoms. The van der Waals surface area contributed by atoms with E-state index >= 15 is 0 Å². The molecule has 0 fully saturated rings. The van der Waals surface area contributed by atoms with Gasteiger partial charge in [-0.3, -0.25) is 0 Å². The first kappa shape index (κ1) is 11.1. The van der Waals surface area contributed by atoms with Gasteiger partial charge in [0.2, 0.25) is 0 Å². The van der Waals surface area contributed by atoms with Crippen LogP contribution in [0.3, 0.4) is 0 Å². The summed E-state index contributed by atoms with van der Waals surface area (Å²) in [7, 11) is 0. The van der Waals surface area contributed by atoms with Crippen molar-refractivity contribution in [3.8, 4) is 0 Å². The van der Waals surface area contributed by atoms with E-state index < -0.39 is 6.10 Å². The smallest absolute Gasteiger partial charge is 0.0827 e. The second-order valence-electron chi connectivity index (χ2n) is 1.25. The average Bonchev–Trinajstić information content (AvgIpc) is 1.83. The van der Waals surface area contributed by atoms with Gasteiger partial charge in [0, 0.05) is 4.91 Å². The van der Waals surface area contributed by atoms with Crippen LogP contribution >= 0.6 is 0 Å². The minimum absolute atomic E-state index is 0. The van der Waals surface area contributed by atoms with Crippen LogP contribution in [0.1, 0.15) is 7.43 Å². The Balaban J connectivity index is 0. The molecule has 0 aliphatic rings. The predicted molar refractivity (Wildman–Crippen MR) is 33.8 cm³/mol. The maximum absolute atomic E-state index is 8.47. The Hall–Kier alpha value is -0.770. The maximum atomic E-state index is 8.47. The third kappa shape index (κ3) is 7.23. The molecule has 0 saturated carbocycles. The second kappa shape index (κ2) is 7.23. The fourth-order valence-electron chi connectivity index (χ4n) is 0.188. The first-order chi connectivity index (χ1) is 3.81. The molecule has 2 N–H and O–H groups in total. The summed E-state index contributed by atoms with van der Waals surface area (Å²) in [4.78, 5) is 2.38. The highest BCUT2D eigenvalue weighted by molar-refractivity contribution is 4.55. The lowest BCUT2D eigenvalue weighted by Gasteiger charge is -1.97. The Kier molecular flexibility index (Phi) is 8.90. The molecule has 0 aromatic heterocycles. The van der Waals surface area contributed by atoms with Crippen molar-refractivity contribution < 1.29 is 10.2 Å². The lowest BCUT2D eigenvalue weighted by Crippen LogP contribution is -2.14. The summed E-state index contributed by atoms with van der Waals surface area (Å²) in [5.74, 6) is 0. The lowest BCUT2D eigenvalue weighted by molar-refractivity contribution is 0.102. The predicted octanol–water partition coefficient (Wildman–Crippen LogP) is 0.286. The highest BCUT2D eigenvalue weighted by atomic mass is 16.3. The van der Waals surface area contributed by atoms with Crippen LogP contribution in [0, 0.1) is 0 Å². The fourth-order valence-corrected chi connectivity index (χ4v) is 0.188. The monoisotopic (exact) mass is 133 g/mol. The van der Waals surface area contributed by atoms with Gasteiger partial charge in [-0.1, -0.05) is 12.5 Å². The second-order valence-corrected chi connectivity index (χ2v) is 1.25. The topological polar surface area (TPSA) is 89.2 Å². The molecule has 0 aliphatic heterocycles. The molecule has 0 amide bonds. The molecular formula is C4H11N3O2. The summed E-state index contributed by atoms with van der Waals surface area (Å²) < 4.78 is 0. The van der Waals surface area contributed by atoms with Gasteiger partial charge in [-0.2, -0.15) is 0 Å². The van der Waals surface area contributed by atoms with E-state index in [0.717, 1.165) is 0 Å². The van der Waals surface area contributed by atoms with Gasteiger partial charge in [-0.05, 0) is 5.53 Å². The van der Waals surface area contributed by atoms with E-state index in [1.807, 2.05) is 0 Å². The van der Waals surface area contributed by atoms with Crippen molar-refractivity contribution in [2.75, 3.05) is 13.2 Å². The highest BCUT2D eigenvalue weighted by Gasteiger charge is 1.95. The highest BCUT2D eigenvalue weighted by Crippen LogP contribution is 1.80. The maximum Gasteiger partial charge on any atom is 0.0827 e. The molecule has 0 rings (SSSR count). The third-order valence-corrected chi connectivity index (χ3v) is 0.566. The zero-order chi connectivity index (χ0) is 6.41. The molecule has 0 heterocycles. The molecule has 9 heavy (non-hydrogen) atoms. The number of azide groups is 1. The first-order valence-corrected chi connectivity index (χ1v) is 2.11. The van der Waals surface area contributed by atoms with Crippen molar-refractivity contribution >= 4 is 0 Å². The van der Waals surface area contributed by atoms with E-state index in [1.54, 1.807) is 0 Å². The van der Waals surface area contributed by atoms with Crippen LogP contribution < -0.4 is 0 Å². The summed E-state index contributed by atoms with van der Waals surface area (Å²) in [6, 6.07) is 0. The average molecular weight is 133 g/mol. The van der Waals surface area contributed by atoms with Crippen LogP contribution in [0.2, 0.25) is 0 Å². The van der Waals surface area contributed by atoms with Gasteiger partial charge in [0.25, 0.3) is 0 Å². The van der Waals surface area contributed by atoms with E-state index in [1.165, 1.54) is 0 Å². The molecule has 0 aliphatic carbocycles. The van der Waals surface area contributed by atoms with Gasteiger partial charge in [-0.15, -0.1) is 0 Å². The number of rotatable bonds is 3. The molecule has 0 unspecified atom stereocenters. The molecule has 1 atom stereocenters. The Morgan fingerprint density at radius 3 is 2.56 bits per heavy atom. The summed E-state index contributed by atoms with van der Waals surface area (Å²) in [6.45, 7) is -0.425. The van der Waals surface area contributed by atoms with Gasteiger partial charge < -0.3 is 10.2 Å². The van der Waals surface area contributed by atoms with Crippen molar-refractivity contribution in [3.63, 3.8) is 0 Å². The quantitative estimate of drug-likeness (QED) is 0.329. The van der Waals surface area contributed by atoms with E-state index in [4.69, 9.17) is 15.7 Å². The zero-order valence-corrected chi connectivity index (χ0v) is 4.23. The minimum atomic E-state index is -0.911. The van der Waals surface area contributed by atoms with Crippen molar-refractivity contribution in [2.45, 2.75) is 13.5 Å². The van der Waals surface area contributed by atoms with Crippen LogP contribution in [-0.4, -0.2) is 29.5 Å². The molecule has 54 valence electrons. The molecule has 0 spiro atoms. The van der Waals surface area contributed by atoms with E-state index in [-0.39, 0.29) is 20.6 Å². The van der Waals surface area contributed by atoms with E-state index in [0.29, 0.717) is 0 Å². The summed E-state index contributed by atoms with van der Waals surface area (Å²) in [5, 5.41) is 19.6. The summed E-state index contributed by atoms with van der Waals surface area (Å²) in [5.41, 5.74) is 7.68. The number of nitrogens with zero attached hydrogens (tertiary/aromatic N) is 3. The van der Waals surface area contributed by atoms with E-state index in [9.17, 15) is 0 Å². The zero-order valence-electron chi connectivity index (χ0n) is 4.23. The summed E-state index contributed by atoms with van der Waals surface area (Å²) >= 11 is 0. The largest absolute Gasteiger partial charge is 0.394 e. The van der Waals surface area contributed by atoms with Crippen LogP contribution in [0.4, 0.5) is 0 Å². The van der Waals surface area contributed by atoms with Crippen molar-refractivity contribution in [2.24, 2.45) is 5.11 Å². The molecule has 0 bridgehead atoms. The van der Waals surface area contributed by atoms with Gasteiger partial charge >= 0.3 is 0 Å².